The van der Waals surface area contributed by atoms with E-state index in [1.165, 1.54) is 18.4 Å². The minimum atomic E-state index is 0.605. The first-order valence-electron chi connectivity index (χ1n) is 6.84. The van der Waals surface area contributed by atoms with Gasteiger partial charge in [0.2, 0.25) is 5.88 Å². The van der Waals surface area contributed by atoms with E-state index in [0.29, 0.717) is 11.9 Å². The monoisotopic (exact) mass is 270 g/mol. The summed E-state index contributed by atoms with van der Waals surface area (Å²) in [6.07, 6.45) is 4.36. The molecule has 20 heavy (non-hydrogen) atoms. The highest BCUT2D eigenvalue weighted by molar-refractivity contribution is 5.35. The summed E-state index contributed by atoms with van der Waals surface area (Å²) in [4.78, 5) is 4.24. The summed E-state index contributed by atoms with van der Waals surface area (Å²) < 4.78 is 10.9. The average molecular weight is 270 g/mol. The maximum Gasteiger partial charge on any atom is 0.219 e. The molecule has 2 aromatic rings. The third-order valence-electron chi connectivity index (χ3n) is 3.24. The molecule has 0 atom stereocenters. The van der Waals surface area contributed by atoms with Crippen molar-refractivity contribution < 1.29 is 9.47 Å². The predicted molar refractivity (Wildman–Crippen MR) is 77.2 cm³/mol. The van der Waals surface area contributed by atoms with Crippen LogP contribution in [0, 0.1) is 0 Å². The molecule has 1 fully saturated rings. The Balaban J connectivity index is 1.67. The lowest BCUT2D eigenvalue weighted by atomic mass is 10.2. The predicted octanol–water partition coefficient (Wildman–Crippen LogP) is 3.13. The van der Waals surface area contributed by atoms with E-state index in [4.69, 9.17) is 9.47 Å². The Bertz CT molecular complexity index is 582. The fraction of sp³-hybridized carbons (Fsp3) is 0.312. The summed E-state index contributed by atoms with van der Waals surface area (Å²) in [6, 6.07) is 12.2. The van der Waals surface area contributed by atoms with E-state index in [2.05, 4.69) is 10.3 Å². The molecule has 1 N–H and O–H groups in total. The lowest BCUT2D eigenvalue weighted by molar-refractivity contribution is 0.407. The van der Waals surface area contributed by atoms with Crippen molar-refractivity contribution in [1.29, 1.82) is 0 Å². The highest BCUT2D eigenvalue weighted by atomic mass is 16.5. The van der Waals surface area contributed by atoms with Crippen LogP contribution in [0.5, 0.6) is 17.4 Å². The molecule has 0 saturated heterocycles. The third-order valence-corrected chi connectivity index (χ3v) is 3.24. The second-order valence-corrected chi connectivity index (χ2v) is 4.94. The Morgan fingerprint density at radius 3 is 2.85 bits per heavy atom. The first kappa shape index (κ1) is 12.9. The normalized spacial score (nSPS) is 14.1. The van der Waals surface area contributed by atoms with Crippen molar-refractivity contribution in [3.8, 4) is 17.4 Å². The first-order valence-corrected chi connectivity index (χ1v) is 6.84. The van der Waals surface area contributed by atoms with Crippen LogP contribution in [0.1, 0.15) is 18.4 Å². The van der Waals surface area contributed by atoms with E-state index in [0.717, 1.165) is 18.0 Å². The summed E-state index contributed by atoms with van der Waals surface area (Å²) in [5.41, 5.74) is 1.18. The minimum Gasteiger partial charge on any atom is -0.497 e. The van der Waals surface area contributed by atoms with Crippen LogP contribution < -0.4 is 14.8 Å². The molecule has 0 radical (unpaired) electrons. The van der Waals surface area contributed by atoms with Gasteiger partial charge in [-0.15, -0.1) is 0 Å². The van der Waals surface area contributed by atoms with Crippen LogP contribution >= 0.6 is 0 Å². The minimum absolute atomic E-state index is 0.605. The number of rotatable bonds is 6. The van der Waals surface area contributed by atoms with Crippen LogP contribution in [0.2, 0.25) is 0 Å². The number of hydrogen-bond acceptors (Lipinski definition) is 4. The third kappa shape index (κ3) is 3.48. The molecule has 3 rings (SSSR count). The molecule has 0 amide bonds. The van der Waals surface area contributed by atoms with Gasteiger partial charge in [0.1, 0.15) is 11.5 Å². The van der Waals surface area contributed by atoms with Gasteiger partial charge >= 0.3 is 0 Å². The molecular weight excluding hydrogens is 252 g/mol. The molecule has 0 aliphatic heterocycles. The lowest BCUT2D eigenvalue weighted by Gasteiger charge is -2.08. The smallest absolute Gasteiger partial charge is 0.219 e. The van der Waals surface area contributed by atoms with E-state index >= 15 is 0 Å². The molecule has 0 bridgehead atoms. The van der Waals surface area contributed by atoms with Gasteiger partial charge in [0, 0.05) is 30.9 Å². The van der Waals surface area contributed by atoms with Crippen LogP contribution in [0.25, 0.3) is 0 Å². The highest BCUT2D eigenvalue weighted by Crippen LogP contribution is 2.24. The number of nitrogens with zero attached hydrogens (tertiary/aromatic N) is 1. The number of hydrogen-bond donors (Lipinski definition) is 1. The maximum atomic E-state index is 5.77. The van der Waals surface area contributed by atoms with Crippen molar-refractivity contribution in [2.24, 2.45) is 0 Å². The molecule has 104 valence electrons. The topological polar surface area (TPSA) is 43.4 Å². The van der Waals surface area contributed by atoms with Crippen LogP contribution in [-0.2, 0) is 6.54 Å². The molecule has 1 heterocycles. The zero-order chi connectivity index (χ0) is 13.8. The summed E-state index contributed by atoms with van der Waals surface area (Å²) in [6.45, 7) is 0.863. The quantitative estimate of drug-likeness (QED) is 0.875. The second kappa shape index (κ2) is 5.92. The average Bonchev–Trinajstić information content (AvgIpc) is 3.30. The van der Waals surface area contributed by atoms with Gasteiger partial charge in [0.15, 0.2) is 0 Å². The van der Waals surface area contributed by atoms with Crippen LogP contribution in [0.4, 0.5) is 0 Å². The van der Waals surface area contributed by atoms with Crippen molar-refractivity contribution in [1.82, 2.24) is 10.3 Å². The fourth-order valence-corrected chi connectivity index (χ4v) is 1.95. The summed E-state index contributed by atoms with van der Waals surface area (Å²) >= 11 is 0. The molecule has 1 aromatic heterocycles. The zero-order valence-electron chi connectivity index (χ0n) is 11.5. The number of benzene rings is 1. The van der Waals surface area contributed by atoms with Gasteiger partial charge < -0.3 is 14.8 Å². The van der Waals surface area contributed by atoms with Crippen molar-refractivity contribution in [3.63, 3.8) is 0 Å². The molecule has 1 aromatic carbocycles. The van der Waals surface area contributed by atoms with Crippen molar-refractivity contribution in [2.45, 2.75) is 25.4 Å². The van der Waals surface area contributed by atoms with Gasteiger partial charge in [-0.1, -0.05) is 6.07 Å². The van der Waals surface area contributed by atoms with E-state index in [9.17, 15) is 0 Å². The summed E-state index contributed by atoms with van der Waals surface area (Å²) in [5.74, 6) is 2.10. The molecule has 1 aliphatic carbocycles. The molecule has 4 nitrogen and oxygen atoms in total. The van der Waals surface area contributed by atoms with Gasteiger partial charge in [0.05, 0.1) is 7.11 Å². The van der Waals surface area contributed by atoms with Crippen molar-refractivity contribution >= 4 is 0 Å². The number of methoxy groups -OCH3 is 1. The number of nitrogens with one attached hydrogen (secondary N) is 1. The van der Waals surface area contributed by atoms with Gasteiger partial charge in [-0.2, -0.15) is 0 Å². The zero-order valence-corrected chi connectivity index (χ0v) is 11.5. The Labute approximate surface area is 118 Å². The van der Waals surface area contributed by atoms with Gasteiger partial charge in [0.25, 0.3) is 0 Å². The molecule has 0 unspecified atom stereocenters. The molecule has 0 spiro atoms. The number of ether oxygens (including phenoxy) is 2. The SMILES string of the molecule is COc1cccc(Oc2cc(CNC3CC3)ccn2)c1. The summed E-state index contributed by atoms with van der Waals surface area (Å²) in [7, 11) is 1.64. The van der Waals surface area contributed by atoms with E-state index in [1.54, 1.807) is 13.3 Å². The van der Waals surface area contributed by atoms with Crippen LogP contribution in [-0.4, -0.2) is 18.1 Å². The van der Waals surface area contributed by atoms with Crippen molar-refractivity contribution in [3.05, 3.63) is 48.2 Å². The Morgan fingerprint density at radius 2 is 2.05 bits per heavy atom. The Hall–Kier alpha value is -2.07. The molecule has 1 aliphatic rings. The summed E-state index contributed by atoms with van der Waals surface area (Å²) in [5, 5.41) is 3.48. The maximum absolute atomic E-state index is 5.77. The highest BCUT2D eigenvalue weighted by Gasteiger charge is 2.19. The van der Waals surface area contributed by atoms with Gasteiger partial charge in [-0.25, -0.2) is 4.98 Å². The molecule has 1 saturated carbocycles. The fourth-order valence-electron chi connectivity index (χ4n) is 1.95. The molecule has 4 heteroatoms. The Morgan fingerprint density at radius 1 is 1.20 bits per heavy atom. The standard InChI is InChI=1S/C16H18N2O2/c1-19-14-3-2-4-15(10-14)20-16-9-12(7-8-17-16)11-18-13-5-6-13/h2-4,7-10,13,18H,5-6,11H2,1H3. The lowest BCUT2D eigenvalue weighted by Crippen LogP contribution is -2.15. The molecular formula is C16H18N2O2. The largest absolute Gasteiger partial charge is 0.497 e. The number of aromatic nitrogens is 1. The van der Waals surface area contributed by atoms with Crippen LogP contribution in [0.15, 0.2) is 42.6 Å². The van der Waals surface area contributed by atoms with Crippen LogP contribution in [0.3, 0.4) is 0 Å². The first-order chi connectivity index (χ1) is 9.83. The van der Waals surface area contributed by atoms with Crippen molar-refractivity contribution in [2.75, 3.05) is 7.11 Å². The van der Waals surface area contributed by atoms with Gasteiger partial charge in [-0.05, 0) is 36.6 Å². The van der Waals surface area contributed by atoms with E-state index < -0.39 is 0 Å². The second-order valence-electron chi connectivity index (χ2n) is 4.94. The van der Waals surface area contributed by atoms with E-state index in [1.807, 2.05) is 36.4 Å². The Kier molecular flexibility index (Phi) is 3.83. The van der Waals surface area contributed by atoms with E-state index in [-0.39, 0.29) is 0 Å². The number of pyridine rings is 1. The van der Waals surface area contributed by atoms with Gasteiger partial charge in [-0.3, -0.25) is 0 Å².